The predicted molar refractivity (Wildman–Crippen MR) is 127 cm³/mol. The molecular weight excluding hydrogens is 420 g/mol. The zero-order valence-electron chi connectivity index (χ0n) is 19.1. The first kappa shape index (κ1) is 21.4. The van der Waals surface area contributed by atoms with Gasteiger partial charge in [0.25, 0.3) is 11.5 Å². The minimum Gasteiger partial charge on any atom is -0.369 e. The molecule has 2 fully saturated rings. The normalized spacial score (nSPS) is 17.1. The lowest BCUT2D eigenvalue weighted by Crippen LogP contribution is -2.72. The summed E-state index contributed by atoms with van der Waals surface area (Å²) >= 11 is 0. The van der Waals surface area contributed by atoms with Crippen LogP contribution in [0.1, 0.15) is 28.7 Å². The van der Waals surface area contributed by atoms with E-state index in [1.54, 1.807) is 20.0 Å². The topological polar surface area (TPSA) is 103 Å². The summed E-state index contributed by atoms with van der Waals surface area (Å²) in [7, 11) is 1.61. The molecule has 0 saturated carbocycles. The van der Waals surface area contributed by atoms with Gasteiger partial charge in [0.15, 0.2) is 0 Å². The van der Waals surface area contributed by atoms with Gasteiger partial charge < -0.3 is 15.2 Å². The first-order valence-corrected chi connectivity index (χ1v) is 11.3. The maximum atomic E-state index is 12.5. The van der Waals surface area contributed by atoms with Crippen LogP contribution in [-0.4, -0.2) is 58.6 Å². The molecule has 2 N–H and O–H groups in total. The summed E-state index contributed by atoms with van der Waals surface area (Å²) in [5, 5.41) is 3.15. The van der Waals surface area contributed by atoms with Gasteiger partial charge in [-0.2, -0.15) is 0 Å². The number of hydrogen-bond acceptors (Lipinski definition) is 6. The van der Waals surface area contributed by atoms with Gasteiger partial charge in [-0.15, -0.1) is 0 Å². The SMILES string of the molecule is CCn1c(=O)[nH]c2cc(CN3CC4(C3)CN(c3ccc(C(=O)NC)nc3C)C4)ccc2c1=O. The Labute approximate surface area is 191 Å². The number of anilines is 1. The molecule has 2 aliphatic heterocycles. The zero-order valence-corrected chi connectivity index (χ0v) is 19.1. The number of rotatable bonds is 5. The van der Waals surface area contributed by atoms with Crippen molar-refractivity contribution in [2.75, 3.05) is 38.1 Å². The molecular formula is C24H28N6O3. The van der Waals surface area contributed by atoms with E-state index in [1.807, 2.05) is 31.2 Å². The Morgan fingerprint density at radius 1 is 1.15 bits per heavy atom. The van der Waals surface area contributed by atoms with Gasteiger partial charge in [-0.25, -0.2) is 9.78 Å². The Bertz CT molecular complexity index is 1360. The van der Waals surface area contributed by atoms with Crippen molar-refractivity contribution in [3.05, 3.63) is 68.1 Å². The van der Waals surface area contributed by atoms with Crippen molar-refractivity contribution in [1.82, 2.24) is 24.8 Å². The van der Waals surface area contributed by atoms with Crippen LogP contribution in [0.25, 0.3) is 10.9 Å². The summed E-state index contributed by atoms with van der Waals surface area (Å²) in [6.45, 7) is 8.86. The highest BCUT2D eigenvalue weighted by molar-refractivity contribution is 5.92. The summed E-state index contributed by atoms with van der Waals surface area (Å²) in [6, 6.07) is 9.47. The fraction of sp³-hybridized carbons (Fsp3) is 0.417. The monoisotopic (exact) mass is 448 g/mol. The maximum absolute atomic E-state index is 12.5. The van der Waals surface area contributed by atoms with Crippen molar-refractivity contribution >= 4 is 22.5 Å². The standard InChI is InChI=1S/C24H28N6O3/c1-4-30-22(32)17-6-5-16(9-19(17)27-23(30)33)10-28-11-24(12-28)13-29(14-24)20-8-7-18(21(31)25-3)26-15(20)2/h5-9H,4,10-14H2,1-3H3,(H,25,31)(H,27,33). The molecule has 0 unspecified atom stereocenters. The third-order valence-corrected chi connectivity index (χ3v) is 6.80. The Hall–Kier alpha value is -3.46. The van der Waals surface area contributed by atoms with E-state index in [9.17, 15) is 14.4 Å². The Morgan fingerprint density at radius 3 is 2.58 bits per heavy atom. The van der Waals surface area contributed by atoms with Crippen molar-refractivity contribution in [2.45, 2.75) is 26.9 Å². The number of aromatic nitrogens is 3. The smallest absolute Gasteiger partial charge is 0.328 e. The predicted octanol–water partition coefficient (Wildman–Crippen LogP) is 1.09. The number of carbonyl (C=O) groups excluding carboxylic acids is 1. The molecule has 3 aromatic rings. The quantitative estimate of drug-likeness (QED) is 0.606. The molecule has 9 nitrogen and oxygen atoms in total. The number of pyridine rings is 1. The Balaban J connectivity index is 1.22. The lowest BCUT2D eigenvalue weighted by molar-refractivity contribution is -0.0273. The highest BCUT2D eigenvalue weighted by atomic mass is 16.2. The largest absolute Gasteiger partial charge is 0.369 e. The fourth-order valence-electron chi connectivity index (χ4n) is 5.24. The van der Waals surface area contributed by atoms with E-state index < -0.39 is 0 Å². The van der Waals surface area contributed by atoms with Crippen molar-refractivity contribution < 1.29 is 4.79 Å². The molecule has 1 amide bonds. The lowest BCUT2D eigenvalue weighted by atomic mass is 9.72. The van der Waals surface area contributed by atoms with Crippen LogP contribution in [0, 0.1) is 12.3 Å². The molecule has 4 heterocycles. The maximum Gasteiger partial charge on any atom is 0.328 e. The number of aromatic amines is 1. The van der Waals surface area contributed by atoms with E-state index in [2.05, 4.69) is 25.1 Å². The second kappa shape index (κ2) is 7.84. The van der Waals surface area contributed by atoms with Gasteiger partial charge in [0, 0.05) is 51.7 Å². The van der Waals surface area contributed by atoms with Crippen LogP contribution in [0.15, 0.2) is 39.9 Å². The molecule has 2 saturated heterocycles. The number of amides is 1. The number of nitrogens with one attached hydrogen (secondary N) is 2. The van der Waals surface area contributed by atoms with E-state index in [4.69, 9.17) is 0 Å². The van der Waals surface area contributed by atoms with Gasteiger partial charge in [-0.05, 0) is 43.7 Å². The second-order valence-electron chi connectivity index (χ2n) is 9.24. The van der Waals surface area contributed by atoms with E-state index in [0.29, 0.717) is 28.6 Å². The molecule has 0 radical (unpaired) electrons. The number of fused-ring (bicyclic) bond motifs is 1. The zero-order chi connectivity index (χ0) is 23.3. The number of nitrogens with zero attached hydrogens (tertiary/aromatic N) is 4. The van der Waals surface area contributed by atoms with Gasteiger partial charge in [0.1, 0.15) is 5.69 Å². The minimum absolute atomic E-state index is 0.173. The third-order valence-electron chi connectivity index (χ3n) is 6.80. The molecule has 33 heavy (non-hydrogen) atoms. The average Bonchev–Trinajstić information content (AvgIpc) is 2.74. The fourth-order valence-corrected chi connectivity index (χ4v) is 5.24. The third kappa shape index (κ3) is 3.62. The van der Waals surface area contributed by atoms with Crippen LogP contribution in [0.5, 0.6) is 0 Å². The number of hydrogen-bond donors (Lipinski definition) is 2. The van der Waals surface area contributed by atoms with Crippen LogP contribution in [-0.2, 0) is 13.1 Å². The van der Waals surface area contributed by atoms with Gasteiger partial charge in [0.2, 0.25) is 0 Å². The number of carbonyl (C=O) groups is 1. The highest BCUT2D eigenvalue weighted by Gasteiger charge is 2.51. The second-order valence-corrected chi connectivity index (χ2v) is 9.24. The van der Waals surface area contributed by atoms with Gasteiger partial charge in [-0.3, -0.25) is 19.1 Å². The summed E-state index contributed by atoms with van der Waals surface area (Å²) < 4.78 is 1.22. The van der Waals surface area contributed by atoms with Crippen LogP contribution in [0.3, 0.4) is 0 Å². The molecule has 2 aliphatic rings. The summed E-state index contributed by atoms with van der Waals surface area (Å²) in [5.74, 6) is -0.173. The molecule has 0 bridgehead atoms. The molecule has 172 valence electrons. The molecule has 1 aromatic carbocycles. The minimum atomic E-state index is -0.363. The number of aryl methyl sites for hydroxylation is 1. The molecule has 0 aliphatic carbocycles. The molecule has 2 aromatic heterocycles. The van der Waals surface area contributed by atoms with Crippen molar-refractivity contribution in [3.63, 3.8) is 0 Å². The van der Waals surface area contributed by atoms with Gasteiger partial charge in [0.05, 0.1) is 22.3 Å². The molecule has 5 rings (SSSR count). The Kier molecular flexibility index (Phi) is 5.08. The number of H-pyrrole nitrogens is 1. The van der Waals surface area contributed by atoms with Crippen molar-refractivity contribution in [2.24, 2.45) is 5.41 Å². The molecule has 9 heteroatoms. The molecule has 1 spiro atoms. The first-order chi connectivity index (χ1) is 15.8. The van der Waals surface area contributed by atoms with E-state index in [1.165, 1.54) is 4.57 Å². The number of benzene rings is 1. The van der Waals surface area contributed by atoms with E-state index >= 15 is 0 Å². The first-order valence-electron chi connectivity index (χ1n) is 11.3. The van der Waals surface area contributed by atoms with Crippen molar-refractivity contribution in [1.29, 1.82) is 0 Å². The van der Waals surface area contributed by atoms with Crippen LogP contribution < -0.4 is 21.5 Å². The highest BCUT2D eigenvalue weighted by Crippen LogP contribution is 2.43. The Morgan fingerprint density at radius 2 is 1.91 bits per heavy atom. The summed E-state index contributed by atoms with van der Waals surface area (Å²) in [5.41, 5.74) is 3.77. The number of likely N-dealkylation sites (tertiary alicyclic amines) is 1. The summed E-state index contributed by atoms with van der Waals surface area (Å²) in [4.78, 5) is 48.4. The molecule has 0 atom stereocenters. The van der Waals surface area contributed by atoms with E-state index in [0.717, 1.165) is 49.7 Å². The van der Waals surface area contributed by atoms with Crippen LogP contribution in [0.2, 0.25) is 0 Å². The summed E-state index contributed by atoms with van der Waals surface area (Å²) in [6.07, 6.45) is 0. The average molecular weight is 449 g/mol. The van der Waals surface area contributed by atoms with Crippen molar-refractivity contribution in [3.8, 4) is 0 Å². The lowest BCUT2D eigenvalue weighted by Gasteiger charge is -2.61. The van der Waals surface area contributed by atoms with Gasteiger partial charge >= 0.3 is 5.69 Å². The van der Waals surface area contributed by atoms with Gasteiger partial charge in [-0.1, -0.05) is 6.07 Å². The van der Waals surface area contributed by atoms with Crippen LogP contribution >= 0.6 is 0 Å². The van der Waals surface area contributed by atoms with E-state index in [-0.39, 0.29) is 17.2 Å². The van der Waals surface area contributed by atoms with Crippen LogP contribution in [0.4, 0.5) is 5.69 Å².